The smallest absolute Gasteiger partial charge is 0.186 e. The first-order chi connectivity index (χ1) is 9.93. The van der Waals surface area contributed by atoms with Gasteiger partial charge in [-0.05, 0) is 35.9 Å². The quantitative estimate of drug-likeness (QED) is 0.599. The van der Waals surface area contributed by atoms with Crippen LogP contribution < -0.4 is 0 Å². The van der Waals surface area contributed by atoms with E-state index in [1.54, 1.807) is 30.3 Å². The molecular weight excluding hydrogens is 396 g/mol. The molecule has 0 N–H and O–H groups in total. The number of hydrogen-bond donors (Lipinski definition) is 0. The highest BCUT2D eigenvalue weighted by atomic mass is 79.9. The third-order valence-electron chi connectivity index (χ3n) is 2.86. The summed E-state index contributed by atoms with van der Waals surface area (Å²) in [6.07, 6.45) is 0. The Bertz CT molecular complexity index is 755. The van der Waals surface area contributed by atoms with Crippen molar-refractivity contribution in [3.63, 3.8) is 0 Å². The first-order valence-electron chi connectivity index (χ1n) is 5.78. The van der Waals surface area contributed by atoms with Crippen LogP contribution in [0.4, 0.5) is 0 Å². The van der Waals surface area contributed by atoms with Crippen molar-refractivity contribution in [1.29, 1.82) is 5.26 Å². The molecule has 0 heterocycles. The predicted molar refractivity (Wildman–Crippen MR) is 88.3 cm³/mol. The van der Waals surface area contributed by atoms with E-state index in [2.05, 4.69) is 15.9 Å². The molecule has 0 saturated heterocycles. The summed E-state index contributed by atoms with van der Waals surface area (Å²) in [4.78, 5) is 12.5. The van der Waals surface area contributed by atoms with Crippen LogP contribution in [0.15, 0.2) is 40.9 Å². The van der Waals surface area contributed by atoms with E-state index in [1.807, 2.05) is 6.07 Å². The van der Waals surface area contributed by atoms with Crippen molar-refractivity contribution in [2.75, 3.05) is 0 Å². The number of halogens is 4. The third-order valence-corrected chi connectivity index (χ3v) is 4.23. The number of nitriles is 1. The summed E-state index contributed by atoms with van der Waals surface area (Å²) >= 11 is 21.2. The Kier molecular flexibility index (Phi) is 5.29. The number of carbonyl (C=O) groups excluding carboxylic acids is 1. The second-order valence-electron chi connectivity index (χ2n) is 4.22. The number of ketones is 1. The fraction of sp³-hybridized carbons (Fsp3) is 0.0667. The fourth-order valence-electron chi connectivity index (χ4n) is 1.85. The lowest BCUT2D eigenvalue weighted by atomic mass is 9.92. The molecule has 0 spiro atoms. The lowest BCUT2D eigenvalue weighted by Gasteiger charge is -2.12. The van der Waals surface area contributed by atoms with Crippen molar-refractivity contribution in [3.8, 4) is 6.07 Å². The zero-order valence-corrected chi connectivity index (χ0v) is 14.3. The van der Waals surface area contributed by atoms with E-state index in [0.29, 0.717) is 10.6 Å². The van der Waals surface area contributed by atoms with Gasteiger partial charge in [-0.25, -0.2) is 0 Å². The first kappa shape index (κ1) is 16.3. The molecule has 0 saturated carbocycles. The molecule has 21 heavy (non-hydrogen) atoms. The Morgan fingerprint density at radius 2 is 1.81 bits per heavy atom. The third kappa shape index (κ3) is 3.59. The molecule has 1 unspecified atom stereocenters. The molecule has 0 aromatic heterocycles. The molecule has 2 nitrogen and oxygen atoms in total. The maximum Gasteiger partial charge on any atom is 0.186 e. The maximum absolute atomic E-state index is 12.5. The van der Waals surface area contributed by atoms with Crippen LogP contribution in [0.25, 0.3) is 0 Å². The van der Waals surface area contributed by atoms with Crippen LogP contribution in [0, 0.1) is 11.3 Å². The fourth-order valence-corrected chi connectivity index (χ4v) is 3.13. The standard InChI is InChI=1S/C15H7BrCl3NO/c16-8-1-3-11(13(18)5-8)15(21)12(7-20)10-4-2-9(17)6-14(10)19/h1-6,12H. The van der Waals surface area contributed by atoms with E-state index in [1.165, 1.54) is 6.07 Å². The van der Waals surface area contributed by atoms with Crippen LogP contribution in [0.1, 0.15) is 21.8 Å². The highest BCUT2D eigenvalue weighted by Crippen LogP contribution is 2.32. The largest absolute Gasteiger partial charge is 0.292 e. The number of hydrogen-bond acceptors (Lipinski definition) is 2. The Morgan fingerprint density at radius 3 is 2.38 bits per heavy atom. The van der Waals surface area contributed by atoms with E-state index in [4.69, 9.17) is 34.8 Å². The molecule has 0 aliphatic heterocycles. The summed E-state index contributed by atoms with van der Waals surface area (Å²) in [6, 6.07) is 11.5. The van der Waals surface area contributed by atoms with Crippen molar-refractivity contribution in [2.24, 2.45) is 0 Å². The summed E-state index contributed by atoms with van der Waals surface area (Å²) < 4.78 is 0.752. The van der Waals surface area contributed by atoms with Crippen LogP contribution >= 0.6 is 50.7 Å². The number of rotatable bonds is 3. The maximum atomic E-state index is 12.5. The minimum atomic E-state index is -1.03. The van der Waals surface area contributed by atoms with Gasteiger partial charge < -0.3 is 0 Å². The van der Waals surface area contributed by atoms with E-state index >= 15 is 0 Å². The average Bonchev–Trinajstić information content (AvgIpc) is 2.41. The van der Waals surface area contributed by atoms with Gasteiger partial charge in [-0.15, -0.1) is 0 Å². The van der Waals surface area contributed by atoms with E-state index in [0.717, 1.165) is 4.47 Å². The molecule has 2 aromatic carbocycles. The van der Waals surface area contributed by atoms with Crippen LogP contribution in [0.2, 0.25) is 15.1 Å². The predicted octanol–water partition coefficient (Wildman–Crippen LogP) is 5.90. The Labute approximate surface area is 145 Å². The summed E-state index contributed by atoms with van der Waals surface area (Å²) in [5, 5.41) is 10.3. The second-order valence-corrected chi connectivity index (χ2v) is 6.38. The molecule has 1 atom stereocenters. The summed E-state index contributed by atoms with van der Waals surface area (Å²) in [7, 11) is 0. The van der Waals surface area contributed by atoms with Crippen molar-refractivity contribution >= 4 is 56.5 Å². The zero-order valence-electron chi connectivity index (χ0n) is 10.4. The minimum absolute atomic E-state index is 0.274. The van der Waals surface area contributed by atoms with Gasteiger partial charge in [0.2, 0.25) is 0 Å². The van der Waals surface area contributed by atoms with Gasteiger partial charge in [-0.2, -0.15) is 5.26 Å². The van der Waals surface area contributed by atoms with Gasteiger partial charge in [-0.1, -0.05) is 56.8 Å². The molecule has 0 bridgehead atoms. The van der Waals surface area contributed by atoms with Gasteiger partial charge in [0.1, 0.15) is 5.92 Å². The van der Waals surface area contributed by atoms with Crippen molar-refractivity contribution in [3.05, 3.63) is 67.1 Å². The lowest BCUT2D eigenvalue weighted by Crippen LogP contribution is -2.12. The van der Waals surface area contributed by atoms with Gasteiger partial charge in [0.05, 0.1) is 11.1 Å². The van der Waals surface area contributed by atoms with Gasteiger partial charge in [0.15, 0.2) is 5.78 Å². The van der Waals surface area contributed by atoms with Gasteiger partial charge in [0, 0.05) is 20.1 Å². The molecule has 0 amide bonds. The van der Waals surface area contributed by atoms with Crippen molar-refractivity contribution in [1.82, 2.24) is 0 Å². The average molecular weight is 403 g/mol. The van der Waals surface area contributed by atoms with Crippen LogP contribution in [-0.4, -0.2) is 5.78 Å². The summed E-state index contributed by atoms with van der Waals surface area (Å²) in [5.41, 5.74) is 0.685. The molecule has 2 rings (SSSR count). The highest BCUT2D eigenvalue weighted by Gasteiger charge is 2.25. The first-order valence-corrected chi connectivity index (χ1v) is 7.70. The monoisotopic (exact) mass is 401 g/mol. The number of benzene rings is 2. The summed E-state index contributed by atoms with van der Waals surface area (Å²) in [6.45, 7) is 0. The van der Waals surface area contributed by atoms with Gasteiger partial charge >= 0.3 is 0 Å². The van der Waals surface area contributed by atoms with E-state index in [9.17, 15) is 10.1 Å². The lowest BCUT2D eigenvalue weighted by molar-refractivity contribution is 0.0979. The van der Waals surface area contributed by atoms with Crippen molar-refractivity contribution < 1.29 is 4.79 Å². The molecule has 0 aliphatic rings. The van der Waals surface area contributed by atoms with E-state index < -0.39 is 11.7 Å². The zero-order chi connectivity index (χ0) is 15.6. The Morgan fingerprint density at radius 1 is 1.10 bits per heavy atom. The Hall–Kier alpha value is -1.05. The van der Waals surface area contributed by atoms with Crippen LogP contribution in [0.3, 0.4) is 0 Å². The van der Waals surface area contributed by atoms with Crippen molar-refractivity contribution in [2.45, 2.75) is 5.92 Å². The Balaban J connectivity index is 2.46. The highest BCUT2D eigenvalue weighted by molar-refractivity contribution is 9.10. The second kappa shape index (κ2) is 6.81. The van der Waals surface area contributed by atoms with Gasteiger partial charge in [-0.3, -0.25) is 4.79 Å². The van der Waals surface area contributed by atoms with Gasteiger partial charge in [0.25, 0.3) is 0 Å². The van der Waals surface area contributed by atoms with Crippen LogP contribution in [-0.2, 0) is 0 Å². The number of nitrogens with zero attached hydrogens (tertiary/aromatic N) is 1. The molecule has 6 heteroatoms. The van der Waals surface area contributed by atoms with E-state index in [-0.39, 0.29) is 15.6 Å². The minimum Gasteiger partial charge on any atom is -0.292 e. The topological polar surface area (TPSA) is 40.9 Å². The normalized spacial score (nSPS) is 11.8. The molecule has 0 aliphatic carbocycles. The molecule has 0 fully saturated rings. The number of Topliss-reactive ketones (excluding diaryl/α,β-unsaturated/α-hetero) is 1. The molecular formula is C15H7BrCl3NO. The summed E-state index contributed by atoms with van der Waals surface area (Å²) in [5.74, 6) is -1.44. The number of carbonyl (C=O) groups is 1. The molecule has 0 radical (unpaired) electrons. The SMILES string of the molecule is N#CC(C(=O)c1ccc(Br)cc1Cl)c1ccc(Cl)cc1Cl. The molecule has 2 aromatic rings. The molecule has 106 valence electrons. The van der Waals surface area contributed by atoms with Crippen LogP contribution in [0.5, 0.6) is 0 Å².